The zero-order valence-electron chi connectivity index (χ0n) is 17.4. The number of hydrogen-bond acceptors (Lipinski definition) is 5. The molecule has 32 heavy (non-hydrogen) atoms. The summed E-state index contributed by atoms with van der Waals surface area (Å²) in [5, 5.41) is 4.00. The van der Waals surface area contributed by atoms with Gasteiger partial charge in [-0.05, 0) is 42.0 Å². The van der Waals surface area contributed by atoms with Crippen LogP contribution in [-0.4, -0.2) is 27.9 Å². The second-order valence-corrected chi connectivity index (χ2v) is 7.54. The molecule has 0 radical (unpaired) electrons. The molecule has 1 amide bonds. The molecule has 0 saturated heterocycles. The lowest BCUT2D eigenvalue weighted by atomic mass is 10.1. The lowest BCUT2D eigenvalue weighted by Gasteiger charge is -2.21. The standard InChI is InChI=1S/C25H22ClN5O/c26-22-9-2-1-8-21(22)23-10-11-24(31(18-32)17-19-6-5-13-27-16-19)25(30-23)29-15-12-20-7-3-4-14-28-20/h1-11,13-14,16,18H,12,15,17H2,(H,29,30). The average molecular weight is 444 g/mol. The van der Waals surface area contributed by atoms with Crippen LogP contribution in [0.25, 0.3) is 11.3 Å². The summed E-state index contributed by atoms with van der Waals surface area (Å²) in [7, 11) is 0. The first-order valence-corrected chi connectivity index (χ1v) is 10.6. The Morgan fingerprint density at radius 2 is 1.84 bits per heavy atom. The summed E-state index contributed by atoms with van der Waals surface area (Å²) in [4.78, 5) is 26.9. The van der Waals surface area contributed by atoms with Gasteiger partial charge in [-0.1, -0.05) is 41.9 Å². The van der Waals surface area contributed by atoms with Crippen LogP contribution >= 0.6 is 11.6 Å². The summed E-state index contributed by atoms with van der Waals surface area (Å²) in [5.74, 6) is 0.606. The molecule has 1 aromatic carbocycles. The highest BCUT2D eigenvalue weighted by atomic mass is 35.5. The summed E-state index contributed by atoms with van der Waals surface area (Å²) in [5.41, 5.74) is 4.15. The van der Waals surface area contributed by atoms with E-state index in [9.17, 15) is 4.79 Å². The lowest BCUT2D eigenvalue weighted by Crippen LogP contribution is -2.23. The largest absolute Gasteiger partial charge is 0.368 e. The van der Waals surface area contributed by atoms with Crippen molar-refractivity contribution in [1.82, 2.24) is 15.0 Å². The number of carbonyl (C=O) groups excluding carboxylic acids is 1. The van der Waals surface area contributed by atoms with Crippen molar-refractivity contribution in [3.05, 3.63) is 102 Å². The first kappa shape index (κ1) is 21.5. The van der Waals surface area contributed by atoms with Crippen molar-refractivity contribution in [3.63, 3.8) is 0 Å². The molecule has 160 valence electrons. The predicted octanol–water partition coefficient (Wildman–Crippen LogP) is 5.01. The van der Waals surface area contributed by atoms with Crippen molar-refractivity contribution in [3.8, 4) is 11.3 Å². The SMILES string of the molecule is O=CN(Cc1cccnc1)c1ccc(-c2ccccc2Cl)nc1NCCc1ccccn1. The molecule has 0 spiro atoms. The van der Waals surface area contributed by atoms with Gasteiger partial charge in [0.25, 0.3) is 0 Å². The number of carbonyl (C=O) groups is 1. The third-order valence-corrected chi connectivity index (χ3v) is 5.27. The van der Waals surface area contributed by atoms with E-state index in [2.05, 4.69) is 15.3 Å². The number of nitrogens with zero attached hydrogens (tertiary/aromatic N) is 4. The summed E-state index contributed by atoms with van der Waals surface area (Å²) in [6.45, 7) is 1.00. The number of aromatic nitrogens is 3. The number of benzene rings is 1. The Morgan fingerprint density at radius 3 is 2.59 bits per heavy atom. The first-order chi connectivity index (χ1) is 15.7. The molecule has 0 aliphatic rings. The van der Waals surface area contributed by atoms with E-state index in [0.717, 1.165) is 35.3 Å². The first-order valence-electron chi connectivity index (χ1n) is 10.2. The van der Waals surface area contributed by atoms with Crippen LogP contribution in [-0.2, 0) is 17.8 Å². The van der Waals surface area contributed by atoms with Gasteiger partial charge in [0.1, 0.15) is 0 Å². The second kappa shape index (κ2) is 10.5. The number of hydrogen-bond donors (Lipinski definition) is 1. The Kier molecular flexibility index (Phi) is 7.05. The molecule has 0 unspecified atom stereocenters. The maximum absolute atomic E-state index is 12.0. The minimum atomic E-state index is 0.388. The zero-order valence-corrected chi connectivity index (χ0v) is 18.1. The van der Waals surface area contributed by atoms with E-state index in [0.29, 0.717) is 29.6 Å². The van der Waals surface area contributed by atoms with Gasteiger partial charge in [-0.25, -0.2) is 4.98 Å². The normalized spacial score (nSPS) is 10.5. The minimum Gasteiger partial charge on any atom is -0.368 e. The molecule has 3 aromatic heterocycles. The Balaban J connectivity index is 1.64. The molecule has 0 bridgehead atoms. The van der Waals surface area contributed by atoms with E-state index in [-0.39, 0.29) is 0 Å². The molecular weight excluding hydrogens is 422 g/mol. The molecule has 7 heteroatoms. The Labute approximate surface area is 191 Å². The van der Waals surface area contributed by atoms with E-state index in [1.54, 1.807) is 23.5 Å². The molecule has 4 rings (SSSR count). The van der Waals surface area contributed by atoms with E-state index >= 15 is 0 Å². The molecule has 0 aliphatic heterocycles. The second-order valence-electron chi connectivity index (χ2n) is 7.14. The van der Waals surface area contributed by atoms with Crippen LogP contribution in [0.3, 0.4) is 0 Å². The molecule has 0 aliphatic carbocycles. The van der Waals surface area contributed by atoms with Crippen molar-refractivity contribution in [2.24, 2.45) is 0 Å². The Bertz CT molecular complexity index is 1170. The summed E-state index contributed by atoms with van der Waals surface area (Å²) >= 11 is 6.39. The maximum atomic E-state index is 12.0. The van der Waals surface area contributed by atoms with E-state index in [4.69, 9.17) is 16.6 Å². The fourth-order valence-corrected chi connectivity index (χ4v) is 3.59. The minimum absolute atomic E-state index is 0.388. The smallest absolute Gasteiger partial charge is 0.214 e. The van der Waals surface area contributed by atoms with Crippen LogP contribution in [0.2, 0.25) is 5.02 Å². The van der Waals surface area contributed by atoms with Crippen LogP contribution in [0, 0.1) is 0 Å². The monoisotopic (exact) mass is 443 g/mol. The van der Waals surface area contributed by atoms with Crippen molar-refractivity contribution >= 4 is 29.5 Å². The van der Waals surface area contributed by atoms with Crippen LogP contribution in [0.1, 0.15) is 11.3 Å². The van der Waals surface area contributed by atoms with Crippen molar-refractivity contribution < 1.29 is 4.79 Å². The maximum Gasteiger partial charge on any atom is 0.214 e. The topological polar surface area (TPSA) is 71.0 Å². The fourth-order valence-electron chi connectivity index (χ4n) is 3.36. The average Bonchev–Trinajstić information content (AvgIpc) is 2.84. The van der Waals surface area contributed by atoms with E-state index < -0.39 is 0 Å². The van der Waals surface area contributed by atoms with Gasteiger partial charge in [-0.15, -0.1) is 0 Å². The van der Waals surface area contributed by atoms with Crippen molar-refractivity contribution in [2.75, 3.05) is 16.8 Å². The van der Waals surface area contributed by atoms with Gasteiger partial charge in [-0.2, -0.15) is 0 Å². The quantitative estimate of drug-likeness (QED) is 0.368. The van der Waals surface area contributed by atoms with Gasteiger partial charge in [0.05, 0.1) is 17.9 Å². The molecule has 3 heterocycles. The number of anilines is 2. The molecule has 0 atom stereocenters. The van der Waals surface area contributed by atoms with Crippen LogP contribution in [0.4, 0.5) is 11.5 Å². The van der Waals surface area contributed by atoms with Crippen molar-refractivity contribution in [2.45, 2.75) is 13.0 Å². The number of pyridine rings is 3. The molecule has 4 aromatic rings. The van der Waals surface area contributed by atoms with Gasteiger partial charge < -0.3 is 10.2 Å². The molecule has 1 N–H and O–H groups in total. The molecule has 6 nitrogen and oxygen atoms in total. The molecular formula is C25H22ClN5O. The summed E-state index contributed by atoms with van der Waals surface area (Å²) in [6, 6.07) is 21.0. The van der Waals surface area contributed by atoms with Gasteiger partial charge >= 0.3 is 0 Å². The highest BCUT2D eigenvalue weighted by Gasteiger charge is 2.15. The third kappa shape index (κ3) is 5.28. The van der Waals surface area contributed by atoms with Gasteiger partial charge in [-0.3, -0.25) is 14.8 Å². The number of nitrogens with one attached hydrogen (secondary N) is 1. The van der Waals surface area contributed by atoms with Crippen LogP contribution in [0.5, 0.6) is 0 Å². The van der Waals surface area contributed by atoms with Gasteiger partial charge in [0.2, 0.25) is 6.41 Å². The summed E-state index contributed by atoms with van der Waals surface area (Å²) in [6.07, 6.45) is 6.76. The highest BCUT2D eigenvalue weighted by Crippen LogP contribution is 2.32. The molecule has 0 saturated carbocycles. The Hall–Kier alpha value is -3.77. The van der Waals surface area contributed by atoms with Gasteiger partial charge in [0.15, 0.2) is 5.82 Å². The molecule has 0 fully saturated rings. The van der Waals surface area contributed by atoms with Crippen LogP contribution in [0.15, 0.2) is 85.3 Å². The van der Waals surface area contributed by atoms with Crippen LogP contribution < -0.4 is 10.2 Å². The highest BCUT2D eigenvalue weighted by molar-refractivity contribution is 6.33. The zero-order chi connectivity index (χ0) is 22.2. The fraction of sp³-hybridized carbons (Fsp3) is 0.120. The summed E-state index contributed by atoms with van der Waals surface area (Å²) < 4.78 is 0. The number of halogens is 1. The van der Waals surface area contributed by atoms with E-state index in [1.807, 2.05) is 66.7 Å². The Morgan fingerprint density at radius 1 is 0.969 bits per heavy atom. The lowest BCUT2D eigenvalue weighted by molar-refractivity contribution is -0.107. The van der Waals surface area contributed by atoms with Crippen molar-refractivity contribution in [1.29, 1.82) is 0 Å². The predicted molar refractivity (Wildman–Crippen MR) is 128 cm³/mol. The third-order valence-electron chi connectivity index (χ3n) is 4.94. The van der Waals surface area contributed by atoms with Gasteiger partial charge in [0, 0.05) is 47.8 Å². The van der Waals surface area contributed by atoms with E-state index in [1.165, 1.54) is 0 Å². The number of rotatable bonds is 9. The number of amides is 1.